The Balaban J connectivity index is 1.29. The third-order valence-electron chi connectivity index (χ3n) is 6.29. The molecule has 1 aliphatic rings. The first-order valence-electron chi connectivity index (χ1n) is 11.6. The van der Waals surface area contributed by atoms with Crippen LogP contribution in [-0.4, -0.2) is 39.3 Å². The summed E-state index contributed by atoms with van der Waals surface area (Å²) < 4.78 is 35.4. The number of amides is 1. The minimum absolute atomic E-state index is 0.0413. The zero-order chi connectivity index (χ0) is 24.4. The Kier molecular flexibility index (Phi) is 6.46. The third kappa shape index (κ3) is 4.88. The van der Waals surface area contributed by atoms with Gasteiger partial charge >= 0.3 is 0 Å². The minimum Gasteiger partial charge on any atom is -0.485 e. The molecule has 0 aliphatic carbocycles. The normalized spacial score (nSPS) is 16.0. The van der Waals surface area contributed by atoms with E-state index in [1.165, 1.54) is 23.8 Å². The maximum Gasteiger partial charge on any atom is 0.270 e. The van der Waals surface area contributed by atoms with E-state index >= 15 is 0 Å². The van der Waals surface area contributed by atoms with Gasteiger partial charge < -0.3 is 10.1 Å². The number of imidazole rings is 1. The van der Waals surface area contributed by atoms with Crippen molar-refractivity contribution >= 4 is 11.6 Å². The average molecular weight is 477 g/mol. The number of ether oxygens (including phenoxy) is 1. The second-order valence-corrected chi connectivity index (χ2v) is 8.78. The molecule has 1 fully saturated rings. The van der Waals surface area contributed by atoms with E-state index in [0.29, 0.717) is 22.8 Å². The SMILES string of the molecule is Cc1nc2c(OCc3c(F)cccc3F)cccn2c1C(=O)NC1CCN(Cc2ccccc2)C1. The Labute approximate surface area is 202 Å². The zero-order valence-corrected chi connectivity index (χ0v) is 19.4. The summed E-state index contributed by atoms with van der Waals surface area (Å²) in [6, 6.07) is 17.4. The van der Waals surface area contributed by atoms with Crippen LogP contribution in [0.3, 0.4) is 0 Å². The molecule has 0 saturated carbocycles. The molecule has 0 spiro atoms. The number of aromatic nitrogens is 2. The zero-order valence-electron chi connectivity index (χ0n) is 19.4. The summed E-state index contributed by atoms with van der Waals surface area (Å²) in [4.78, 5) is 20.1. The number of aryl methyl sites for hydroxylation is 1. The maximum atomic E-state index is 14.0. The van der Waals surface area contributed by atoms with Crippen LogP contribution in [0.4, 0.5) is 8.78 Å². The van der Waals surface area contributed by atoms with Crippen LogP contribution < -0.4 is 10.1 Å². The number of nitrogens with one attached hydrogen (secondary N) is 1. The largest absolute Gasteiger partial charge is 0.485 e. The number of pyridine rings is 1. The van der Waals surface area contributed by atoms with Gasteiger partial charge in [0.05, 0.1) is 11.3 Å². The van der Waals surface area contributed by atoms with Crippen LogP contribution in [0.25, 0.3) is 5.65 Å². The molecule has 1 N–H and O–H groups in total. The smallest absolute Gasteiger partial charge is 0.270 e. The predicted molar refractivity (Wildman–Crippen MR) is 128 cm³/mol. The van der Waals surface area contributed by atoms with E-state index in [4.69, 9.17) is 4.74 Å². The van der Waals surface area contributed by atoms with Crippen molar-refractivity contribution in [3.63, 3.8) is 0 Å². The molecule has 3 heterocycles. The second-order valence-electron chi connectivity index (χ2n) is 8.78. The van der Waals surface area contributed by atoms with Crippen molar-refractivity contribution in [1.29, 1.82) is 0 Å². The lowest BCUT2D eigenvalue weighted by Gasteiger charge is -2.17. The van der Waals surface area contributed by atoms with Gasteiger partial charge in [-0.05, 0) is 43.2 Å². The molecule has 1 unspecified atom stereocenters. The number of halogens is 2. The highest BCUT2D eigenvalue weighted by Crippen LogP contribution is 2.24. The topological polar surface area (TPSA) is 58.9 Å². The van der Waals surface area contributed by atoms with E-state index in [-0.39, 0.29) is 24.1 Å². The number of fused-ring (bicyclic) bond motifs is 1. The standard InChI is InChI=1S/C27H26F2N4O2/c1-18-25(27(34)31-20-12-14-32(16-20)15-19-7-3-2-4-8-19)33-13-6-11-24(26(33)30-18)35-17-21-22(28)9-5-10-23(21)29/h2-11,13,20H,12,14-17H2,1H3,(H,31,34). The molecule has 1 amide bonds. The van der Waals surface area contributed by atoms with Crippen molar-refractivity contribution in [2.24, 2.45) is 0 Å². The van der Waals surface area contributed by atoms with E-state index in [2.05, 4.69) is 27.3 Å². The van der Waals surface area contributed by atoms with E-state index in [1.807, 2.05) is 18.2 Å². The van der Waals surface area contributed by atoms with Crippen LogP contribution >= 0.6 is 0 Å². The molecule has 0 radical (unpaired) electrons. The molecule has 2 aromatic carbocycles. The van der Waals surface area contributed by atoms with Gasteiger partial charge in [0, 0.05) is 31.9 Å². The molecular formula is C27H26F2N4O2. The van der Waals surface area contributed by atoms with Crippen molar-refractivity contribution in [3.8, 4) is 5.75 Å². The summed E-state index contributed by atoms with van der Waals surface area (Å²) in [7, 11) is 0. The van der Waals surface area contributed by atoms with Gasteiger partial charge in [-0.2, -0.15) is 0 Å². The van der Waals surface area contributed by atoms with Crippen molar-refractivity contribution in [2.75, 3.05) is 13.1 Å². The van der Waals surface area contributed by atoms with Crippen LogP contribution in [0.5, 0.6) is 5.75 Å². The molecule has 8 heteroatoms. The first-order valence-corrected chi connectivity index (χ1v) is 11.6. The summed E-state index contributed by atoms with van der Waals surface area (Å²) in [6.07, 6.45) is 2.61. The molecule has 4 aromatic rings. The highest BCUT2D eigenvalue weighted by Gasteiger charge is 2.27. The molecule has 5 rings (SSSR count). The Morgan fingerprint density at radius 1 is 1.09 bits per heavy atom. The number of nitrogens with zero attached hydrogens (tertiary/aromatic N) is 3. The Morgan fingerprint density at radius 3 is 2.63 bits per heavy atom. The van der Waals surface area contributed by atoms with E-state index in [0.717, 1.165) is 26.1 Å². The minimum atomic E-state index is -0.672. The number of hydrogen-bond acceptors (Lipinski definition) is 4. The van der Waals surface area contributed by atoms with E-state index < -0.39 is 11.6 Å². The average Bonchev–Trinajstić information content (AvgIpc) is 3.42. The Hall–Kier alpha value is -3.78. The summed E-state index contributed by atoms with van der Waals surface area (Å²) in [6.45, 7) is 4.02. The van der Waals surface area contributed by atoms with Crippen molar-refractivity contribution < 1.29 is 18.3 Å². The van der Waals surface area contributed by atoms with Crippen LogP contribution in [0.1, 0.15) is 33.7 Å². The van der Waals surface area contributed by atoms with E-state index in [1.54, 1.807) is 29.7 Å². The van der Waals surface area contributed by atoms with Crippen LogP contribution in [0.2, 0.25) is 0 Å². The molecule has 0 bridgehead atoms. The van der Waals surface area contributed by atoms with Gasteiger partial charge in [0.25, 0.3) is 5.91 Å². The molecule has 1 saturated heterocycles. The van der Waals surface area contributed by atoms with Gasteiger partial charge in [-0.1, -0.05) is 36.4 Å². The van der Waals surface area contributed by atoms with Crippen LogP contribution in [0, 0.1) is 18.6 Å². The third-order valence-corrected chi connectivity index (χ3v) is 6.29. The van der Waals surface area contributed by atoms with E-state index in [9.17, 15) is 13.6 Å². The first kappa shape index (κ1) is 23.0. The molecule has 35 heavy (non-hydrogen) atoms. The van der Waals surface area contributed by atoms with Crippen molar-refractivity contribution in [3.05, 3.63) is 101 Å². The number of rotatable bonds is 7. The van der Waals surface area contributed by atoms with Crippen LogP contribution in [0.15, 0.2) is 66.9 Å². The fourth-order valence-corrected chi connectivity index (χ4v) is 4.55. The highest BCUT2D eigenvalue weighted by atomic mass is 19.1. The van der Waals surface area contributed by atoms with Gasteiger partial charge in [-0.3, -0.25) is 14.1 Å². The predicted octanol–water partition coefficient (Wildman–Crippen LogP) is 4.50. The number of carbonyl (C=O) groups excluding carboxylic acids is 1. The lowest BCUT2D eigenvalue weighted by atomic mass is 10.2. The fourth-order valence-electron chi connectivity index (χ4n) is 4.55. The molecule has 1 atom stereocenters. The molecular weight excluding hydrogens is 450 g/mol. The maximum absolute atomic E-state index is 14.0. The number of carbonyl (C=O) groups is 1. The quantitative estimate of drug-likeness (QED) is 0.427. The second kappa shape index (κ2) is 9.84. The Morgan fingerprint density at radius 2 is 1.86 bits per heavy atom. The molecule has 6 nitrogen and oxygen atoms in total. The molecule has 180 valence electrons. The fraction of sp³-hybridized carbons (Fsp3) is 0.259. The lowest BCUT2D eigenvalue weighted by molar-refractivity contribution is 0.0931. The Bertz CT molecular complexity index is 1340. The van der Waals surface area contributed by atoms with Gasteiger partial charge in [-0.25, -0.2) is 13.8 Å². The molecule has 2 aromatic heterocycles. The number of likely N-dealkylation sites (tertiary alicyclic amines) is 1. The number of hydrogen-bond donors (Lipinski definition) is 1. The van der Waals surface area contributed by atoms with Crippen molar-refractivity contribution in [1.82, 2.24) is 19.6 Å². The molecule has 1 aliphatic heterocycles. The van der Waals surface area contributed by atoms with Gasteiger partial charge in [0.15, 0.2) is 11.4 Å². The lowest BCUT2D eigenvalue weighted by Crippen LogP contribution is -2.37. The summed E-state index contributed by atoms with van der Waals surface area (Å²) in [5.74, 6) is -1.21. The van der Waals surface area contributed by atoms with Gasteiger partial charge in [-0.15, -0.1) is 0 Å². The van der Waals surface area contributed by atoms with Crippen LogP contribution in [-0.2, 0) is 13.2 Å². The number of benzene rings is 2. The first-order chi connectivity index (χ1) is 17.0. The monoisotopic (exact) mass is 476 g/mol. The highest BCUT2D eigenvalue weighted by molar-refractivity contribution is 5.95. The van der Waals surface area contributed by atoms with Crippen molar-refractivity contribution in [2.45, 2.75) is 32.5 Å². The summed E-state index contributed by atoms with van der Waals surface area (Å²) in [5, 5.41) is 3.14. The summed E-state index contributed by atoms with van der Waals surface area (Å²) in [5.41, 5.74) is 2.49. The summed E-state index contributed by atoms with van der Waals surface area (Å²) >= 11 is 0. The van der Waals surface area contributed by atoms with Gasteiger partial charge in [0.1, 0.15) is 23.9 Å². The van der Waals surface area contributed by atoms with Gasteiger partial charge in [0.2, 0.25) is 0 Å².